The van der Waals surface area contributed by atoms with Crippen LogP contribution in [0.15, 0.2) is 28.7 Å². The molecule has 1 atom stereocenters. The van der Waals surface area contributed by atoms with Gasteiger partial charge in [-0.25, -0.2) is 0 Å². The molecule has 1 N–H and O–H groups in total. The van der Waals surface area contributed by atoms with Crippen LogP contribution in [0.1, 0.15) is 24.4 Å². The van der Waals surface area contributed by atoms with E-state index in [-0.39, 0.29) is 0 Å². The highest BCUT2D eigenvalue weighted by molar-refractivity contribution is 9.10. The molecule has 3 nitrogen and oxygen atoms in total. The summed E-state index contributed by atoms with van der Waals surface area (Å²) in [7, 11) is 4.28. The molecule has 1 aliphatic heterocycles. The Balaban J connectivity index is 1.85. The second kappa shape index (κ2) is 8.13. The van der Waals surface area contributed by atoms with Crippen molar-refractivity contribution in [3.05, 3.63) is 34.3 Å². The fraction of sp³-hybridized carbons (Fsp3) is 0.625. The van der Waals surface area contributed by atoms with Gasteiger partial charge in [0.05, 0.1) is 0 Å². The summed E-state index contributed by atoms with van der Waals surface area (Å²) >= 11 is 3.50. The first-order valence-electron chi connectivity index (χ1n) is 7.52. The Hall–Kier alpha value is -0.420. The Kier molecular flexibility index (Phi) is 6.49. The minimum Gasteiger partial charge on any atom is -0.313 e. The Morgan fingerprint density at radius 2 is 1.90 bits per heavy atom. The highest BCUT2D eigenvalue weighted by Gasteiger charge is 2.15. The third kappa shape index (κ3) is 4.85. The summed E-state index contributed by atoms with van der Waals surface area (Å²) in [4.78, 5) is 5.04. The maximum absolute atomic E-state index is 3.50. The zero-order chi connectivity index (χ0) is 14.4. The van der Waals surface area contributed by atoms with Crippen LogP contribution in [0.25, 0.3) is 0 Å². The quantitative estimate of drug-likeness (QED) is 0.889. The number of hydrogen-bond acceptors (Lipinski definition) is 3. The lowest BCUT2D eigenvalue weighted by molar-refractivity contribution is 0.262. The first-order chi connectivity index (χ1) is 9.69. The number of benzene rings is 1. The molecular formula is C16H26BrN3. The summed E-state index contributed by atoms with van der Waals surface area (Å²) in [5.74, 6) is 0. The smallest absolute Gasteiger partial charge is 0.0329 e. The van der Waals surface area contributed by atoms with Gasteiger partial charge in [-0.15, -0.1) is 0 Å². The van der Waals surface area contributed by atoms with Crippen LogP contribution in [-0.2, 0) is 0 Å². The van der Waals surface area contributed by atoms with Crippen molar-refractivity contribution < 1.29 is 0 Å². The second-order valence-electron chi connectivity index (χ2n) is 5.68. The van der Waals surface area contributed by atoms with Gasteiger partial charge >= 0.3 is 0 Å². The zero-order valence-corrected chi connectivity index (χ0v) is 14.2. The molecule has 0 aliphatic carbocycles. The van der Waals surface area contributed by atoms with Crippen molar-refractivity contribution in [3.63, 3.8) is 0 Å². The number of nitrogens with zero attached hydrogens (tertiary/aromatic N) is 2. The van der Waals surface area contributed by atoms with Gasteiger partial charge in [-0.3, -0.25) is 0 Å². The van der Waals surface area contributed by atoms with Crippen LogP contribution in [0.3, 0.4) is 0 Å². The van der Waals surface area contributed by atoms with Gasteiger partial charge in [0.1, 0.15) is 0 Å². The molecule has 1 aromatic carbocycles. The molecule has 4 heteroatoms. The molecule has 0 aromatic heterocycles. The number of likely N-dealkylation sites (N-methyl/N-ethyl adjacent to an activating group) is 1. The van der Waals surface area contributed by atoms with Crippen molar-refractivity contribution in [2.24, 2.45) is 0 Å². The van der Waals surface area contributed by atoms with Crippen LogP contribution in [0, 0.1) is 0 Å². The van der Waals surface area contributed by atoms with Crippen molar-refractivity contribution in [2.75, 3.05) is 46.8 Å². The van der Waals surface area contributed by atoms with Crippen molar-refractivity contribution in [3.8, 4) is 0 Å². The molecule has 0 bridgehead atoms. The van der Waals surface area contributed by atoms with Gasteiger partial charge < -0.3 is 15.1 Å². The van der Waals surface area contributed by atoms with Gasteiger partial charge in [0.25, 0.3) is 0 Å². The third-order valence-corrected chi connectivity index (χ3v) is 4.70. The predicted molar refractivity (Wildman–Crippen MR) is 89.1 cm³/mol. The van der Waals surface area contributed by atoms with E-state index in [4.69, 9.17) is 0 Å². The highest BCUT2D eigenvalue weighted by atomic mass is 79.9. The first-order valence-corrected chi connectivity index (χ1v) is 8.32. The molecule has 0 radical (unpaired) electrons. The van der Waals surface area contributed by atoms with Crippen LogP contribution in [0.5, 0.6) is 0 Å². The van der Waals surface area contributed by atoms with E-state index in [0.29, 0.717) is 6.04 Å². The van der Waals surface area contributed by atoms with Gasteiger partial charge in [0.15, 0.2) is 0 Å². The number of hydrogen-bond donors (Lipinski definition) is 1. The second-order valence-corrected chi connectivity index (χ2v) is 6.60. The number of rotatable bonds is 5. The fourth-order valence-corrected chi connectivity index (χ4v) is 3.07. The van der Waals surface area contributed by atoms with E-state index in [0.717, 1.165) is 4.47 Å². The van der Waals surface area contributed by atoms with Crippen LogP contribution in [-0.4, -0.2) is 56.6 Å². The van der Waals surface area contributed by atoms with E-state index in [9.17, 15) is 0 Å². The summed E-state index contributed by atoms with van der Waals surface area (Å²) in [6.07, 6.45) is 2.46. The SMILES string of the molecule is CNC(CCN1CCCN(C)CC1)c1ccc(Br)cc1. The van der Waals surface area contributed by atoms with Gasteiger partial charge in [0.2, 0.25) is 0 Å². The van der Waals surface area contributed by atoms with E-state index < -0.39 is 0 Å². The summed E-state index contributed by atoms with van der Waals surface area (Å²) in [6.45, 7) is 6.05. The average Bonchev–Trinajstić information content (AvgIpc) is 2.66. The zero-order valence-electron chi connectivity index (χ0n) is 12.6. The molecule has 112 valence electrons. The molecule has 0 saturated carbocycles. The molecule has 0 amide bonds. The largest absolute Gasteiger partial charge is 0.313 e. The van der Waals surface area contributed by atoms with E-state index in [1.54, 1.807) is 0 Å². The summed E-state index contributed by atoms with van der Waals surface area (Å²) in [6, 6.07) is 9.12. The van der Waals surface area contributed by atoms with Gasteiger partial charge in [-0.05, 0) is 64.3 Å². The molecule has 1 aromatic rings. The summed E-state index contributed by atoms with van der Waals surface area (Å²) in [5, 5.41) is 3.45. The van der Waals surface area contributed by atoms with E-state index in [2.05, 4.69) is 69.4 Å². The maximum atomic E-state index is 3.50. The Labute approximate surface area is 131 Å². The molecular weight excluding hydrogens is 314 g/mol. The minimum absolute atomic E-state index is 0.448. The fourth-order valence-electron chi connectivity index (χ4n) is 2.81. The molecule has 1 fully saturated rings. The van der Waals surface area contributed by atoms with E-state index in [1.807, 2.05) is 0 Å². The van der Waals surface area contributed by atoms with Crippen LogP contribution in [0.2, 0.25) is 0 Å². The third-order valence-electron chi connectivity index (χ3n) is 4.17. The molecule has 1 saturated heterocycles. The lowest BCUT2D eigenvalue weighted by Crippen LogP contribution is -2.32. The van der Waals surface area contributed by atoms with Gasteiger partial charge in [0, 0.05) is 23.6 Å². The first kappa shape index (κ1) is 16.0. The maximum Gasteiger partial charge on any atom is 0.0329 e. The lowest BCUT2D eigenvalue weighted by Gasteiger charge is -2.24. The molecule has 1 unspecified atom stereocenters. The van der Waals surface area contributed by atoms with E-state index in [1.165, 1.54) is 51.1 Å². The molecule has 1 aliphatic rings. The van der Waals surface area contributed by atoms with Crippen LogP contribution in [0.4, 0.5) is 0 Å². The topological polar surface area (TPSA) is 18.5 Å². The Morgan fingerprint density at radius 3 is 2.60 bits per heavy atom. The molecule has 20 heavy (non-hydrogen) atoms. The van der Waals surface area contributed by atoms with Crippen molar-refractivity contribution >= 4 is 15.9 Å². The number of nitrogens with one attached hydrogen (secondary N) is 1. The Morgan fingerprint density at radius 1 is 1.15 bits per heavy atom. The van der Waals surface area contributed by atoms with Crippen molar-refractivity contribution in [1.82, 2.24) is 15.1 Å². The van der Waals surface area contributed by atoms with Gasteiger partial charge in [-0.2, -0.15) is 0 Å². The minimum atomic E-state index is 0.448. The van der Waals surface area contributed by atoms with Crippen molar-refractivity contribution in [2.45, 2.75) is 18.9 Å². The van der Waals surface area contributed by atoms with Crippen molar-refractivity contribution in [1.29, 1.82) is 0 Å². The summed E-state index contributed by atoms with van der Waals surface area (Å²) < 4.78 is 1.15. The number of halogens is 1. The monoisotopic (exact) mass is 339 g/mol. The lowest BCUT2D eigenvalue weighted by atomic mass is 10.0. The molecule has 2 rings (SSSR count). The van der Waals surface area contributed by atoms with E-state index >= 15 is 0 Å². The Bertz CT molecular complexity index is 393. The molecule has 1 heterocycles. The highest BCUT2D eigenvalue weighted by Crippen LogP contribution is 2.20. The van der Waals surface area contributed by atoms with Crippen LogP contribution < -0.4 is 5.32 Å². The van der Waals surface area contributed by atoms with Gasteiger partial charge in [-0.1, -0.05) is 28.1 Å². The predicted octanol–water partition coefficient (Wildman–Crippen LogP) is 2.74. The summed E-state index contributed by atoms with van der Waals surface area (Å²) in [5.41, 5.74) is 1.38. The normalized spacial score (nSPS) is 19.8. The standard InChI is InChI=1S/C16H26BrN3/c1-18-16(14-4-6-15(17)7-5-14)8-11-20-10-3-9-19(2)12-13-20/h4-7,16,18H,3,8-13H2,1-2H3. The average molecular weight is 340 g/mol. The van der Waals surface area contributed by atoms with Crippen LogP contribution >= 0.6 is 15.9 Å². The molecule has 0 spiro atoms.